The zero-order valence-corrected chi connectivity index (χ0v) is 15.2. The molecule has 26 heavy (non-hydrogen) atoms. The SMILES string of the molecule is COCCNc1ccc(C(=O)N2CCC(Cc3ccccc3)CC2)nn1. The van der Waals surface area contributed by atoms with Gasteiger partial charge in [-0.25, -0.2) is 0 Å². The Morgan fingerprint density at radius 3 is 2.58 bits per heavy atom. The normalized spacial score (nSPS) is 15.0. The van der Waals surface area contributed by atoms with E-state index >= 15 is 0 Å². The molecule has 0 atom stereocenters. The largest absolute Gasteiger partial charge is 0.383 e. The van der Waals surface area contributed by atoms with E-state index in [4.69, 9.17) is 4.74 Å². The molecule has 2 heterocycles. The van der Waals surface area contributed by atoms with Gasteiger partial charge in [0, 0.05) is 26.7 Å². The van der Waals surface area contributed by atoms with Crippen LogP contribution in [-0.2, 0) is 11.2 Å². The van der Waals surface area contributed by atoms with Gasteiger partial charge in [0.15, 0.2) is 5.69 Å². The highest BCUT2D eigenvalue weighted by Gasteiger charge is 2.24. The van der Waals surface area contributed by atoms with Crippen LogP contribution < -0.4 is 5.32 Å². The Labute approximate surface area is 154 Å². The van der Waals surface area contributed by atoms with Crippen molar-refractivity contribution < 1.29 is 9.53 Å². The van der Waals surface area contributed by atoms with Gasteiger partial charge in [-0.3, -0.25) is 4.79 Å². The van der Waals surface area contributed by atoms with Gasteiger partial charge in [-0.15, -0.1) is 10.2 Å². The predicted octanol–water partition coefficient (Wildman–Crippen LogP) is 2.63. The lowest BCUT2D eigenvalue weighted by Crippen LogP contribution is -2.39. The number of anilines is 1. The number of nitrogens with one attached hydrogen (secondary N) is 1. The Balaban J connectivity index is 1.48. The Hall–Kier alpha value is -2.47. The van der Waals surface area contributed by atoms with Gasteiger partial charge >= 0.3 is 0 Å². The highest BCUT2D eigenvalue weighted by Crippen LogP contribution is 2.22. The summed E-state index contributed by atoms with van der Waals surface area (Å²) in [5.74, 6) is 1.26. The molecular weight excluding hydrogens is 328 g/mol. The molecule has 0 spiro atoms. The number of rotatable bonds is 7. The molecule has 138 valence electrons. The van der Waals surface area contributed by atoms with Crippen LogP contribution in [0.25, 0.3) is 0 Å². The van der Waals surface area contributed by atoms with Gasteiger partial charge in [-0.05, 0) is 42.9 Å². The van der Waals surface area contributed by atoms with Crippen molar-refractivity contribution in [3.8, 4) is 0 Å². The Kier molecular flexibility index (Phi) is 6.55. The third kappa shape index (κ3) is 5.02. The second kappa shape index (κ2) is 9.29. The van der Waals surface area contributed by atoms with Crippen molar-refractivity contribution >= 4 is 11.7 Å². The lowest BCUT2D eigenvalue weighted by Gasteiger charge is -2.31. The van der Waals surface area contributed by atoms with Gasteiger partial charge in [0.25, 0.3) is 5.91 Å². The summed E-state index contributed by atoms with van der Waals surface area (Å²) in [6.45, 7) is 2.82. The molecule has 1 aromatic heterocycles. The Morgan fingerprint density at radius 2 is 1.92 bits per heavy atom. The molecule has 0 aliphatic carbocycles. The predicted molar refractivity (Wildman–Crippen MR) is 101 cm³/mol. The van der Waals surface area contributed by atoms with Crippen molar-refractivity contribution in [2.75, 3.05) is 38.7 Å². The van der Waals surface area contributed by atoms with Crippen molar-refractivity contribution in [3.05, 3.63) is 53.7 Å². The number of ether oxygens (including phenoxy) is 1. The molecule has 1 amide bonds. The minimum atomic E-state index is -0.0286. The smallest absolute Gasteiger partial charge is 0.274 e. The number of carbonyl (C=O) groups excluding carboxylic acids is 1. The molecule has 3 rings (SSSR count). The number of hydrogen-bond acceptors (Lipinski definition) is 5. The molecule has 0 saturated carbocycles. The summed E-state index contributed by atoms with van der Waals surface area (Å²) in [6, 6.07) is 14.1. The number of benzene rings is 1. The van der Waals surface area contributed by atoms with E-state index in [-0.39, 0.29) is 5.91 Å². The molecule has 6 nitrogen and oxygen atoms in total. The van der Waals surface area contributed by atoms with Crippen molar-refractivity contribution in [2.24, 2.45) is 5.92 Å². The third-order valence-corrected chi connectivity index (χ3v) is 4.76. The average molecular weight is 354 g/mol. The van der Waals surface area contributed by atoms with Crippen LogP contribution in [0.15, 0.2) is 42.5 Å². The minimum Gasteiger partial charge on any atom is -0.383 e. The number of hydrogen-bond donors (Lipinski definition) is 1. The quantitative estimate of drug-likeness (QED) is 0.774. The first-order valence-electron chi connectivity index (χ1n) is 9.16. The maximum atomic E-state index is 12.6. The van der Waals surface area contributed by atoms with Crippen LogP contribution in [0.2, 0.25) is 0 Å². The number of nitrogens with zero attached hydrogens (tertiary/aromatic N) is 3. The average Bonchev–Trinajstić information content (AvgIpc) is 2.70. The highest BCUT2D eigenvalue weighted by atomic mass is 16.5. The fourth-order valence-corrected chi connectivity index (χ4v) is 3.27. The van der Waals surface area contributed by atoms with Crippen LogP contribution in [0.1, 0.15) is 28.9 Å². The molecule has 6 heteroatoms. The molecule has 1 saturated heterocycles. The summed E-state index contributed by atoms with van der Waals surface area (Å²) in [4.78, 5) is 14.5. The number of piperidine rings is 1. The minimum absolute atomic E-state index is 0.0286. The summed E-state index contributed by atoms with van der Waals surface area (Å²) in [7, 11) is 1.65. The molecule has 0 unspecified atom stereocenters. The fraction of sp³-hybridized carbons (Fsp3) is 0.450. The second-order valence-corrected chi connectivity index (χ2v) is 6.65. The number of carbonyl (C=O) groups is 1. The van der Waals surface area contributed by atoms with Crippen molar-refractivity contribution in [1.29, 1.82) is 0 Å². The van der Waals surface area contributed by atoms with E-state index < -0.39 is 0 Å². The van der Waals surface area contributed by atoms with Crippen molar-refractivity contribution in [1.82, 2.24) is 15.1 Å². The third-order valence-electron chi connectivity index (χ3n) is 4.76. The van der Waals surface area contributed by atoms with Gasteiger partial charge < -0.3 is 15.0 Å². The standard InChI is InChI=1S/C20H26N4O2/c1-26-14-11-21-19-8-7-18(22-23-19)20(25)24-12-9-17(10-13-24)15-16-5-3-2-4-6-16/h2-8,17H,9-15H2,1H3,(H,21,23). The highest BCUT2D eigenvalue weighted by molar-refractivity contribution is 5.92. The summed E-state index contributed by atoms with van der Waals surface area (Å²) in [6.07, 6.45) is 3.15. The lowest BCUT2D eigenvalue weighted by molar-refractivity contribution is 0.0683. The van der Waals surface area contributed by atoms with Crippen LogP contribution in [0.5, 0.6) is 0 Å². The van der Waals surface area contributed by atoms with E-state index in [1.807, 2.05) is 11.0 Å². The first-order chi connectivity index (χ1) is 12.8. The van der Waals surface area contributed by atoms with E-state index in [2.05, 4.69) is 39.8 Å². The zero-order valence-electron chi connectivity index (χ0n) is 15.2. The number of likely N-dealkylation sites (tertiary alicyclic amines) is 1. The lowest BCUT2D eigenvalue weighted by atomic mass is 9.90. The molecule has 1 aliphatic rings. The van der Waals surface area contributed by atoms with E-state index in [1.165, 1.54) is 5.56 Å². The molecule has 0 bridgehead atoms. The molecular formula is C20H26N4O2. The number of methoxy groups -OCH3 is 1. The van der Waals surface area contributed by atoms with Gasteiger partial charge in [-0.2, -0.15) is 0 Å². The first-order valence-corrected chi connectivity index (χ1v) is 9.16. The van der Waals surface area contributed by atoms with E-state index in [0.29, 0.717) is 30.6 Å². The van der Waals surface area contributed by atoms with Crippen LogP contribution in [0.4, 0.5) is 5.82 Å². The Morgan fingerprint density at radius 1 is 1.15 bits per heavy atom. The van der Waals surface area contributed by atoms with Gasteiger partial charge in [-0.1, -0.05) is 30.3 Å². The molecule has 0 radical (unpaired) electrons. The number of aromatic nitrogens is 2. The van der Waals surface area contributed by atoms with Crippen LogP contribution in [0, 0.1) is 5.92 Å². The monoisotopic (exact) mass is 354 g/mol. The summed E-state index contributed by atoms with van der Waals surface area (Å²) in [5.41, 5.74) is 1.78. The van der Waals surface area contributed by atoms with Gasteiger partial charge in [0.05, 0.1) is 6.61 Å². The van der Waals surface area contributed by atoms with Crippen LogP contribution >= 0.6 is 0 Å². The summed E-state index contributed by atoms with van der Waals surface area (Å²) < 4.78 is 4.98. The topological polar surface area (TPSA) is 67.3 Å². The number of amides is 1. The fourth-order valence-electron chi connectivity index (χ4n) is 3.27. The van der Waals surface area contributed by atoms with Crippen LogP contribution in [0.3, 0.4) is 0 Å². The van der Waals surface area contributed by atoms with Gasteiger partial charge in [0.1, 0.15) is 5.82 Å². The molecule has 2 aromatic rings. The summed E-state index contributed by atoms with van der Waals surface area (Å²) in [5, 5.41) is 11.2. The van der Waals surface area contributed by atoms with Crippen LogP contribution in [-0.4, -0.2) is 54.4 Å². The maximum Gasteiger partial charge on any atom is 0.274 e. The molecule has 1 aliphatic heterocycles. The second-order valence-electron chi connectivity index (χ2n) is 6.65. The Bertz CT molecular complexity index is 683. The molecule has 1 fully saturated rings. The van der Waals surface area contributed by atoms with E-state index in [0.717, 1.165) is 32.4 Å². The van der Waals surface area contributed by atoms with Crippen molar-refractivity contribution in [2.45, 2.75) is 19.3 Å². The van der Waals surface area contributed by atoms with E-state index in [9.17, 15) is 4.79 Å². The van der Waals surface area contributed by atoms with Crippen molar-refractivity contribution in [3.63, 3.8) is 0 Å². The molecule has 1 N–H and O–H groups in total. The summed E-state index contributed by atoms with van der Waals surface area (Å²) >= 11 is 0. The van der Waals surface area contributed by atoms with Gasteiger partial charge in [0.2, 0.25) is 0 Å². The zero-order chi connectivity index (χ0) is 18.2. The molecule has 1 aromatic carbocycles. The van der Waals surface area contributed by atoms with E-state index in [1.54, 1.807) is 19.2 Å². The maximum absolute atomic E-state index is 12.6. The first kappa shape index (κ1) is 18.3.